The molecule has 0 spiro atoms. The molecule has 1 fully saturated rings. The number of amidine groups is 1. The molecular weight excluding hydrogens is 292 g/mol. The van der Waals surface area contributed by atoms with Gasteiger partial charge in [0.1, 0.15) is 6.61 Å². The van der Waals surface area contributed by atoms with Crippen LogP contribution in [0.15, 0.2) is 33.7 Å². The Morgan fingerprint density at radius 3 is 2.61 bits per heavy atom. The van der Waals surface area contributed by atoms with Crippen LogP contribution < -0.4 is 5.73 Å². The van der Waals surface area contributed by atoms with E-state index < -0.39 is 0 Å². The van der Waals surface area contributed by atoms with E-state index in [9.17, 15) is 0 Å². The minimum Gasteiger partial charge on any atom is -0.463 e. The average Bonchev–Trinajstić information content (AvgIpc) is 3.05. The molecule has 0 aromatic heterocycles. The van der Waals surface area contributed by atoms with Crippen molar-refractivity contribution in [3.8, 4) is 0 Å². The van der Waals surface area contributed by atoms with Crippen LogP contribution in [-0.4, -0.2) is 18.7 Å². The van der Waals surface area contributed by atoms with Gasteiger partial charge in [-0.05, 0) is 48.8 Å². The fourth-order valence-corrected chi connectivity index (χ4v) is 2.93. The minimum absolute atomic E-state index is 0.262. The van der Waals surface area contributed by atoms with Crippen molar-refractivity contribution in [2.24, 2.45) is 10.7 Å². The van der Waals surface area contributed by atoms with Gasteiger partial charge in [0.25, 0.3) is 6.02 Å². The van der Waals surface area contributed by atoms with Gasteiger partial charge in [-0.15, -0.1) is 0 Å². The molecule has 1 aromatic carbocycles. The molecule has 0 unspecified atom stereocenters. The van der Waals surface area contributed by atoms with Gasteiger partial charge in [0.2, 0.25) is 0 Å². The summed E-state index contributed by atoms with van der Waals surface area (Å²) in [5, 5.41) is 0. The number of rotatable bonds is 4. The zero-order valence-electron chi connectivity index (χ0n) is 10.2. The lowest BCUT2D eigenvalue weighted by Crippen LogP contribution is -2.13. The smallest absolute Gasteiger partial charge is 0.282 e. The van der Waals surface area contributed by atoms with E-state index in [2.05, 4.69) is 45.2 Å². The zero-order valence-corrected chi connectivity index (χ0v) is 11.8. The minimum atomic E-state index is 0.262. The number of nitrogens with zero attached hydrogens (tertiary/aromatic N) is 1. The molecule has 0 bridgehead atoms. The first kappa shape index (κ1) is 12.0. The van der Waals surface area contributed by atoms with Crippen LogP contribution in [0.4, 0.5) is 0 Å². The van der Waals surface area contributed by atoms with Crippen molar-refractivity contribution in [3.63, 3.8) is 0 Å². The Morgan fingerprint density at radius 1 is 1.33 bits per heavy atom. The Kier molecular flexibility index (Phi) is 3.06. The molecule has 1 saturated carbocycles. The SMILES string of the molecule is NC1=N[C@@H](CCC2(c3ccc(Br)cc3)CC2)CO1. The molecule has 0 radical (unpaired) electrons. The van der Waals surface area contributed by atoms with Crippen molar-refractivity contribution < 1.29 is 4.74 Å². The Morgan fingerprint density at radius 2 is 2.06 bits per heavy atom. The van der Waals surface area contributed by atoms with Crippen LogP contribution in [0, 0.1) is 0 Å². The highest BCUT2D eigenvalue weighted by Gasteiger charge is 2.44. The monoisotopic (exact) mass is 308 g/mol. The fraction of sp³-hybridized carbons (Fsp3) is 0.500. The second-order valence-corrected chi connectivity index (χ2v) is 6.17. The van der Waals surface area contributed by atoms with Crippen LogP contribution in [0.3, 0.4) is 0 Å². The van der Waals surface area contributed by atoms with Gasteiger partial charge < -0.3 is 10.5 Å². The molecule has 2 N–H and O–H groups in total. The molecule has 18 heavy (non-hydrogen) atoms. The van der Waals surface area contributed by atoms with Gasteiger partial charge >= 0.3 is 0 Å². The second kappa shape index (κ2) is 4.57. The third-order valence-corrected chi connectivity index (χ3v) is 4.53. The Labute approximate surface area is 116 Å². The van der Waals surface area contributed by atoms with Crippen molar-refractivity contribution >= 4 is 22.0 Å². The summed E-state index contributed by atoms with van der Waals surface area (Å²) in [7, 11) is 0. The lowest BCUT2D eigenvalue weighted by atomic mass is 9.89. The Bertz CT molecular complexity index is 465. The number of halogens is 1. The molecule has 2 aliphatic rings. The molecule has 1 aliphatic heterocycles. The molecule has 4 heteroatoms. The van der Waals surface area contributed by atoms with Crippen molar-refractivity contribution in [1.29, 1.82) is 0 Å². The standard InChI is InChI=1S/C14H17BrN2O/c15-11-3-1-10(2-4-11)14(7-8-14)6-5-12-9-18-13(16)17-12/h1-4,12H,5-9H2,(H2,16,17)/t12-/m0/s1. The summed E-state index contributed by atoms with van der Waals surface area (Å²) in [4.78, 5) is 4.29. The lowest BCUT2D eigenvalue weighted by molar-refractivity contribution is 0.302. The molecule has 1 aliphatic carbocycles. The van der Waals surface area contributed by atoms with Gasteiger partial charge in [-0.25, -0.2) is 4.99 Å². The number of hydrogen-bond donors (Lipinski definition) is 1. The van der Waals surface area contributed by atoms with Crippen LogP contribution in [0.5, 0.6) is 0 Å². The summed E-state index contributed by atoms with van der Waals surface area (Å²) in [6, 6.07) is 9.35. The van der Waals surface area contributed by atoms with Gasteiger partial charge in [0.15, 0.2) is 0 Å². The normalized spacial score (nSPS) is 24.5. The van der Waals surface area contributed by atoms with E-state index in [4.69, 9.17) is 10.5 Å². The molecule has 1 atom stereocenters. The van der Waals surface area contributed by atoms with Crippen LogP contribution in [-0.2, 0) is 10.2 Å². The molecule has 96 valence electrons. The van der Waals surface area contributed by atoms with E-state index >= 15 is 0 Å². The van der Waals surface area contributed by atoms with Gasteiger partial charge in [-0.2, -0.15) is 0 Å². The summed E-state index contributed by atoms with van der Waals surface area (Å²) in [5.41, 5.74) is 7.39. The molecule has 3 nitrogen and oxygen atoms in total. The first-order chi connectivity index (χ1) is 8.68. The lowest BCUT2D eigenvalue weighted by Gasteiger charge is -2.16. The van der Waals surface area contributed by atoms with E-state index in [1.807, 2.05) is 0 Å². The summed E-state index contributed by atoms with van der Waals surface area (Å²) in [6.45, 7) is 0.655. The highest BCUT2D eigenvalue weighted by molar-refractivity contribution is 9.10. The number of hydrogen-bond acceptors (Lipinski definition) is 3. The van der Waals surface area contributed by atoms with Crippen LogP contribution in [0.2, 0.25) is 0 Å². The molecule has 0 amide bonds. The van der Waals surface area contributed by atoms with E-state index in [1.54, 1.807) is 0 Å². The van der Waals surface area contributed by atoms with Crippen molar-refractivity contribution in [1.82, 2.24) is 0 Å². The molecular formula is C14H17BrN2O. The van der Waals surface area contributed by atoms with Crippen molar-refractivity contribution in [2.75, 3.05) is 6.61 Å². The van der Waals surface area contributed by atoms with Gasteiger partial charge in [-0.3, -0.25) is 0 Å². The third-order valence-electron chi connectivity index (χ3n) is 4.00. The zero-order chi connectivity index (χ0) is 12.6. The van der Waals surface area contributed by atoms with Crippen LogP contribution in [0.25, 0.3) is 0 Å². The highest BCUT2D eigenvalue weighted by atomic mass is 79.9. The van der Waals surface area contributed by atoms with Gasteiger partial charge in [0, 0.05) is 4.47 Å². The number of nitrogens with two attached hydrogens (primary N) is 1. The predicted molar refractivity (Wildman–Crippen MR) is 75.7 cm³/mol. The average molecular weight is 309 g/mol. The maximum Gasteiger partial charge on any atom is 0.282 e. The number of aliphatic imine (C=N–C) groups is 1. The molecule has 1 aromatic rings. The quantitative estimate of drug-likeness (QED) is 0.929. The van der Waals surface area contributed by atoms with Crippen LogP contribution in [0.1, 0.15) is 31.2 Å². The van der Waals surface area contributed by atoms with E-state index in [0.29, 0.717) is 18.0 Å². The maximum absolute atomic E-state index is 5.53. The second-order valence-electron chi connectivity index (χ2n) is 5.26. The first-order valence-corrected chi connectivity index (χ1v) is 7.19. The van der Waals surface area contributed by atoms with Gasteiger partial charge in [0.05, 0.1) is 6.04 Å². The number of benzene rings is 1. The third kappa shape index (κ3) is 2.39. The predicted octanol–water partition coefficient (Wildman–Crippen LogP) is 2.97. The Hall–Kier alpha value is -1.03. The fourth-order valence-electron chi connectivity index (χ4n) is 2.66. The van der Waals surface area contributed by atoms with E-state index in [0.717, 1.165) is 10.9 Å². The highest BCUT2D eigenvalue weighted by Crippen LogP contribution is 2.52. The van der Waals surface area contributed by atoms with E-state index in [-0.39, 0.29) is 6.04 Å². The summed E-state index contributed by atoms with van der Waals surface area (Å²) in [5.74, 6) is 0. The molecule has 1 heterocycles. The van der Waals surface area contributed by atoms with E-state index in [1.165, 1.54) is 24.8 Å². The molecule has 0 saturated heterocycles. The maximum atomic E-state index is 5.53. The Balaban J connectivity index is 1.63. The van der Waals surface area contributed by atoms with Crippen molar-refractivity contribution in [3.05, 3.63) is 34.3 Å². The number of ether oxygens (including phenoxy) is 1. The summed E-state index contributed by atoms with van der Waals surface area (Å²) in [6.07, 6.45) is 4.83. The van der Waals surface area contributed by atoms with Crippen molar-refractivity contribution in [2.45, 2.75) is 37.1 Å². The van der Waals surface area contributed by atoms with Gasteiger partial charge in [-0.1, -0.05) is 28.1 Å². The van der Waals surface area contributed by atoms with Crippen LogP contribution >= 0.6 is 15.9 Å². The summed E-state index contributed by atoms with van der Waals surface area (Å²) >= 11 is 3.48. The topological polar surface area (TPSA) is 47.6 Å². The largest absolute Gasteiger partial charge is 0.463 e. The molecule has 3 rings (SSSR count). The first-order valence-electron chi connectivity index (χ1n) is 6.40. The summed E-state index contributed by atoms with van der Waals surface area (Å²) < 4.78 is 6.34.